The van der Waals surface area contributed by atoms with Crippen LogP contribution < -0.4 is 5.73 Å². The Labute approximate surface area is 118 Å². The van der Waals surface area contributed by atoms with Crippen molar-refractivity contribution in [3.05, 3.63) is 28.2 Å². The van der Waals surface area contributed by atoms with Crippen molar-refractivity contribution in [2.24, 2.45) is 5.73 Å². The minimum Gasteiger partial charge on any atom is -0.481 e. The van der Waals surface area contributed by atoms with E-state index in [-0.39, 0.29) is 6.54 Å². The fraction of sp³-hybridized carbons (Fsp3) is 0.417. The zero-order valence-corrected chi connectivity index (χ0v) is 12.0. The van der Waals surface area contributed by atoms with Crippen LogP contribution in [0, 0.1) is 0 Å². The van der Waals surface area contributed by atoms with Gasteiger partial charge in [0, 0.05) is 15.9 Å². The molecule has 6 heteroatoms. The fourth-order valence-electron chi connectivity index (χ4n) is 1.67. The van der Waals surface area contributed by atoms with Gasteiger partial charge in [0.05, 0.1) is 24.4 Å². The normalized spacial score (nSPS) is 17.2. The van der Waals surface area contributed by atoms with E-state index in [1.54, 1.807) is 11.8 Å². The third-order valence-electron chi connectivity index (χ3n) is 2.79. The summed E-state index contributed by atoms with van der Waals surface area (Å²) in [6.07, 6.45) is 0. The molecule has 4 nitrogen and oxygen atoms in total. The number of hydrogen-bond acceptors (Lipinski definition) is 4. The molecule has 3 N–H and O–H groups in total. The van der Waals surface area contributed by atoms with E-state index in [9.17, 15) is 4.79 Å². The predicted molar refractivity (Wildman–Crippen MR) is 74.0 cm³/mol. The molecule has 1 fully saturated rings. The molecule has 1 aromatic carbocycles. The molecule has 0 aromatic heterocycles. The number of benzene rings is 1. The van der Waals surface area contributed by atoms with Crippen molar-refractivity contribution in [2.75, 3.05) is 19.8 Å². The van der Waals surface area contributed by atoms with Gasteiger partial charge in [-0.1, -0.05) is 6.07 Å². The van der Waals surface area contributed by atoms with E-state index >= 15 is 0 Å². The summed E-state index contributed by atoms with van der Waals surface area (Å²) in [6, 6.07) is 5.61. The van der Waals surface area contributed by atoms with Crippen LogP contribution in [0.15, 0.2) is 27.6 Å². The second-order valence-corrected chi connectivity index (χ2v) is 6.29. The molecule has 1 atom stereocenters. The maximum Gasteiger partial charge on any atom is 0.312 e. The summed E-state index contributed by atoms with van der Waals surface area (Å²) >= 11 is 5.22. The van der Waals surface area contributed by atoms with Gasteiger partial charge in [-0.15, -0.1) is 11.8 Å². The van der Waals surface area contributed by atoms with E-state index in [0.29, 0.717) is 5.25 Å². The van der Waals surface area contributed by atoms with Crippen LogP contribution >= 0.6 is 27.7 Å². The van der Waals surface area contributed by atoms with Gasteiger partial charge in [0.2, 0.25) is 0 Å². The number of carbonyl (C=O) groups is 1. The van der Waals surface area contributed by atoms with Gasteiger partial charge < -0.3 is 15.6 Å². The van der Waals surface area contributed by atoms with Gasteiger partial charge in [-0.25, -0.2) is 0 Å². The standard InChI is InChI=1S/C12H14BrNO3S/c13-10-3-7(9(4-14)12(15)16)1-2-11(10)18-8-5-17-6-8/h1-3,8-9H,4-6,14H2,(H,15,16). The predicted octanol–water partition coefficient (Wildman–Crippen LogP) is 2.07. The molecule has 0 spiro atoms. The summed E-state index contributed by atoms with van der Waals surface area (Å²) in [4.78, 5) is 12.1. The van der Waals surface area contributed by atoms with Gasteiger partial charge in [-0.2, -0.15) is 0 Å². The zero-order valence-electron chi connectivity index (χ0n) is 9.64. The number of carboxylic acids is 1. The largest absolute Gasteiger partial charge is 0.481 e. The van der Waals surface area contributed by atoms with Gasteiger partial charge in [0.1, 0.15) is 0 Å². The quantitative estimate of drug-likeness (QED) is 0.864. The molecule has 1 unspecified atom stereocenters. The molecule has 0 aliphatic carbocycles. The third kappa shape index (κ3) is 3.06. The van der Waals surface area contributed by atoms with Gasteiger partial charge in [-0.05, 0) is 33.6 Å². The van der Waals surface area contributed by atoms with E-state index in [4.69, 9.17) is 15.6 Å². The van der Waals surface area contributed by atoms with E-state index in [1.807, 2.05) is 18.2 Å². The maximum atomic E-state index is 11.0. The number of halogens is 1. The summed E-state index contributed by atoms with van der Waals surface area (Å²) in [5.74, 6) is -1.54. The molecule has 1 heterocycles. The number of hydrogen-bond donors (Lipinski definition) is 2. The van der Waals surface area contributed by atoms with E-state index in [0.717, 1.165) is 28.1 Å². The highest BCUT2D eigenvalue weighted by Crippen LogP contribution is 2.35. The minimum absolute atomic E-state index is 0.102. The van der Waals surface area contributed by atoms with Crippen LogP contribution in [0.4, 0.5) is 0 Å². The molecular weight excluding hydrogens is 318 g/mol. The molecule has 1 aliphatic heterocycles. The van der Waals surface area contributed by atoms with Gasteiger partial charge in [0.25, 0.3) is 0 Å². The first-order chi connectivity index (χ1) is 8.61. The molecule has 1 saturated heterocycles. The van der Waals surface area contributed by atoms with Crippen molar-refractivity contribution in [1.29, 1.82) is 0 Å². The Morgan fingerprint density at radius 2 is 2.33 bits per heavy atom. The van der Waals surface area contributed by atoms with Crippen LogP contribution in [0.25, 0.3) is 0 Å². The van der Waals surface area contributed by atoms with Crippen LogP contribution in [0.1, 0.15) is 11.5 Å². The number of aliphatic carboxylic acids is 1. The Morgan fingerprint density at radius 1 is 1.61 bits per heavy atom. The smallest absolute Gasteiger partial charge is 0.312 e. The number of rotatable bonds is 5. The number of thioether (sulfide) groups is 1. The first kappa shape index (κ1) is 13.9. The Kier molecular flexibility index (Phi) is 4.66. The number of carboxylic acid groups (broad SMARTS) is 1. The zero-order chi connectivity index (χ0) is 13.1. The topological polar surface area (TPSA) is 72.6 Å². The molecular formula is C12H14BrNO3S. The molecule has 0 amide bonds. The van der Waals surface area contributed by atoms with Crippen LogP contribution in [0.2, 0.25) is 0 Å². The summed E-state index contributed by atoms with van der Waals surface area (Å²) in [5, 5.41) is 9.56. The summed E-state index contributed by atoms with van der Waals surface area (Å²) in [5.41, 5.74) is 6.22. The van der Waals surface area contributed by atoms with Crippen LogP contribution in [0.5, 0.6) is 0 Å². The van der Waals surface area contributed by atoms with Gasteiger partial charge >= 0.3 is 5.97 Å². The van der Waals surface area contributed by atoms with Crippen LogP contribution in [0.3, 0.4) is 0 Å². The van der Waals surface area contributed by atoms with E-state index < -0.39 is 11.9 Å². The Bertz CT molecular complexity index is 451. The summed E-state index contributed by atoms with van der Waals surface area (Å²) in [6.45, 7) is 1.66. The second kappa shape index (κ2) is 6.06. The van der Waals surface area contributed by atoms with Crippen molar-refractivity contribution in [3.8, 4) is 0 Å². The second-order valence-electron chi connectivity index (χ2n) is 4.09. The highest BCUT2D eigenvalue weighted by Gasteiger charge is 2.22. The Hall–Kier alpha value is -0.560. The lowest BCUT2D eigenvalue weighted by Gasteiger charge is -2.25. The molecule has 2 rings (SSSR count). The number of ether oxygens (including phenoxy) is 1. The lowest BCUT2D eigenvalue weighted by molar-refractivity contribution is -0.138. The molecule has 1 aromatic rings. The van der Waals surface area contributed by atoms with Gasteiger partial charge in [-0.3, -0.25) is 4.79 Å². The van der Waals surface area contributed by atoms with Gasteiger partial charge in [0.15, 0.2) is 0 Å². The molecule has 1 aliphatic rings. The van der Waals surface area contributed by atoms with Crippen LogP contribution in [-0.2, 0) is 9.53 Å². The van der Waals surface area contributed by atoms with Crippen molar-refractivity contribution in [3.63, 3.8) is 0 Å². The first-order valence-electron chi connectivity index (χ1n) is 5.58. The summed E-state index contributed by atoms with van der Waals surface area (Å²) in [7, 11) is 0. The third-order valence-corrected chi connectivity index (χ3v) is 4.93. The number of nitrogens with two attached hydrogens (primary N) is 1. The minimum atomic E-state index is -0.891. The highest BCUT2D eigenvalue weighted by molar-refractivity contribution is 9.10. The SMILES string of the molecule is NCC(C(=O)O)c1ccc(SC2COC2)c(Br)c1. The average molecular weight is 332 g/mol. The monoisotopic (exact) mass is 331 g/mol. The van der Waals surface area contributed by atoms with Crippen LogP contribution in [-0.4, -0.2) is 36.1 Å². The first-order valence-corrected chi connectivity index (χ1v) is 7.25. The molecule has 0 bridgehead atoms. The average Bonchev–Trinajstić information content (AvgIpc) is 2.26. The molecule has 0 saturated carbocycles. The molecule has 98 valence electrons. The van der Waals surface area contributed by atoms with Crippen molar-refractivity contribution < 1.29 is 14.6 Å². The van der Waals surface area contributed by atoms with E-state index in [1.165, 1.54) is 0 Å². The molecule has 18 heavy (non-hydrogen) atoms. The lowest BCUT2D eigenvalue weighted by Crippen LogP contribution is -2.30. The Morgan fingerprint density at radius 3 is 2.78 bits per heavy atom. The van der Waals surface area contributed by atoms with Crippen molar-refractivity contribution in [1.82, 2.24) is 0 Å². The fourth-order valence-corrected chi connectivity index (χ4v) is 3.35. The highest BCUT2D eigenvalue weighted by atomic mass is 79.9. The summed E-state index contributed by atoms with van der Waals surface area (Å²) < 4.78 is 6.04. The molecule has 0 radical (unpaired) electrons. The maximum absolute atomic E-state index is 11.0. The Balaban J connectivity index is 2.15. The lowest BCUT2D eigenvalue weighted by atomic mass is 10.00. The van der Waals surface area contributed by atoms with E-state index in [2.05, 4.69) is 15.9 Å². The van der Waals surface area contributed by atoms with Crippen molar-refractivity contribution in [2.45, 2.75) is 16.1 Å². The van der Waals surface area contributed by atoms with Crippen molar-refractivity contribution >= 4 is 33.7 Å².